The van der Waals surface area contributed by atoms with Crippen molar-refractivity contribution in [3.05, 3.63) is 54.5 Å². The first-order chi connectivity index (χ1) is 8.86. The van der Waals surface area contributed by atoms with E-state index in [0.717, 1.165) is 18.8 Å². The highest BCUT2D eigenvalue weighted by Crippen LogP contribution is 2.51. The Hall–Kier alpha value is -1.19. The lowest BCUT2D eigenvalue weighted by Crippen LogP contribution is -2.25. The minimum atomic E-state index is 0.411. The molecular formula is C15H17NOS. The van der Waals surface area contributed by atoms with Crippen molar-refractivity contribution in [1.29, 1.82) is 0 Å². The van der Waals surface area contributed by atoms with E-state index in [4.69, 9.17) is 4.42 Å². The molecule has 0 saturated heterocycles. The lowest BCUT2D eigenvalue weighted by atomic mass is 10.4. The zero-order chi connectivity index (χ0) is 12.3. The third-order valence-electron chi connectivity index (χ3n) is 3.21. The normalized spacial score (nSPS) is 16.7. The van der Waals surface area contributed by atoms with Crippen LogP contribution in [0.2, 0.25) is 0 Å². The highest BCUT2D eigenvalue weighted by atomic mass is 32.2. The second-order valence-corrected chi connectivity index (χ2v) is 6.32. The molecule has 1 N–H and O–H groups in total. The van der Waals surface area contributed by atoms with Crippen LogP contribution in [0.25, 0.3) is 0 Å². The molecule has 3 rings (SSSR count). The van der Waals surface area contributed by atoms with Crippen LogP contribution < -0.4 is 5.32 Å². The van der Waals surface area contributed by atoms with E-state index in [-0.39, 0.29) is 0 Å². The smallest absolute Gasteiger partial charge is 0.117 e. The summed E-state index contributed by atoms with van der Waals surface area (Å²) in [6.07, 6.45) is 4.33. The number of hydrogen-bond acceptors (Lipinski definition) is 3. The average Bonchev–Trinajstić information content (AvgIpc) is 2.95. The monoisotopic (exact) mass is 259 g/mol. The molecule has 2 aromatic rings. The molecule has 0 aliphatic heterocycles. The molecule has 1 aromatic heterocycles. The third kappa shape index (κ3) is 2.98. The van der Waals surface area contributed by atoms with E-state index >= 15 is 0 Å². The van der Waals surface area contributed by atoms with E-state index < -0.39 is 0 Å². The van der Waals surface area contributed by atoms with Crippen LogP contribution in [0.1, 0.15) is 18.6 Å². The predicted octanol–water partition coefficient (Wildman–Crippen LogP) is 3.69. The molecule has 94 valence electrons. The summed E-state index contributed by atoms with van der Waals surface area (Å²) in [6, 6.07) is 14.6. The van der Waals surface area contributed by atoms with Gasteiger partial charge in [-0.3, -0.25) is 0 Å². The van der Waals surface area contributed by atoms with Gasteiger partial charge in [-0.15, -0.1) is 11.8 Å². The summed E-state index contributed by atoms with van der Waals surface area (Å²) in [5, 5.41) is 3.50. The fourth-order valence-electron chi connectivity index (χ4n) is 2.02. The molecule has 1 aliphatic carbocycles. The maximum Gasteiger partial charge on any atom is 0.117 e. The number of rotatable bonds is 6. The number of nitrogens with one attached hydrogen (secondary N) is 1. The first-order valence-electron chi connectivity index (χ1n) is 6.34. The van der Waals surface area contributed by atoms with E-state index in [1.807, 2.05) is 23.9 Å². The number of furan rings is 1. The summed E-state index contributed by atoms with van der Waals surface area (Å²) < 4.78 is 5.73. The Balaban J connectivity index is 1.50. The Morgan fingerprint density at radius 2 is 1.94 bits per heavy atom. The highest BCUT2D eigenvalue weighted by Gasteiger charge is 2.43. The van der Waals surface area contributed by atoms with E-state index in [1.54, 1.807) is 6.26 Å². The predicted molar refractivity (Wildman–Crippen MR) is 74.7 cm³/mol. The van der Waals surface area contributed by atoms with Crippen LogP contribution in [0.4, 0.5) is 0 Å². The lowest BCUT2D eigenvalue weighted by Gasteiger charge is -2.15. The quantitative estimate of drug-likeness (QED) is 0.856. The maximum atomic E-state index is 5.32. The van der Waals surface area contributed by atoms with Crippen LogP contribution >= 0.6 is 11.8 Å². The van der Waals surface area contributed by atoms with Crippen LogP contribution in [-0.4, -0.2) is 11.3 Å². The highest BCUT2D eigenvalue weighted by molar-refractivity contribution is 8.01. The van der Waals surface area contributed by atoms with Crippen molar-refractivity contribution in [3.8, 4) is 0 Å². The van der Waals surface area contributed by atoms with Gasteiger partial charge in [-0.1, -0.05) is 18.2 Å². The topological polar surface area (TPSA) is 25.2 Å². The van der Waals surface area contributed by atoms with Crippen molar-refractivity contribution in [3.63, 3.8) is 0 Å². The molecule has 1 saturated carbocycles. The molecule has 18 heavy (non-hydrogen) atoms. The van der Waals surface area contributed by atoms with Crippen LogP contribution in [0.5, 0.6) is 0 Å². The molecule has 2 nitrogen and oxygen atoms in total. The van der Waals surface area contributed by atoms with Gasteiger partial charge < -0.3 is 9.73 Å². The van der Waals surface area contributed by atoms with E-state index in [2.05, 4.69) is 35.6 Å². The second-order valence-electron chi connectivity index (χ2n) is 4.78. The van der Waals surface area contributed by atoms with Gasteiger partial charge in [0.05, 0.1) is 12.8 Å². The van der Waals surface area contributed by atoms with Gasteiger partial charge in [0.15, 0.2) is 0 Å². The summed E-state index contributed by atoms with van der Waals surface area (Å²) in [5.74, 6) is 1.01. The van der Waals surface area contributed by atoms with Crippen molar-refractivity contribution in [2.75, 3.05) is 6.54 Å². The van der Waals surface area contributed by atoms with Gasteiger partial charge >= 0.3 is 0 Å². The molecule has 0 unspecified atom stereocenters. The van der Waals surface area contributed by atoms with Crippen LogP contribution in [0, 0.1) is 0 Å². The van der Waals surface area contributed by atoms with Crippen molar-refractivity contribution in [2.24, 2.45) is 0 Å². The minimum Gasteiger partial charge on any atom is -0.468 e. The number of hydrogen-bond donors (Lipinski definition) is 1. The van der Waals surface area contributed by atoms with Crippen LogP contribution in [0.15, 0.2) is 58.0 Å². The molecule has 0 spiro atoms. The van der Waals surface area contributed by atoms with E-state index in [9.17, 15) is 0 Å². The fourth-order valence-corrected chi connectivity index (χ4v) is 3.29. The Morgan fingerprint density at radius 1 is 1.11 bits per heavy atom. The van der Waals surface area contributed by atoms with Crippen molar-refractivity contribution in [2.45, 2.75) is 29.0 Å². The Morgan fingerprint density at radius 3 is 2.61 bits per heavy atom. The Labute approximate surface area is 112 Å². The molecule has 1 aromatic carbocycles. The van der Waals surface area contributed by atoms with Crippen molar-refractivity contribution >= 4 is 11.8 Å². The van der Waals surface area contributed by atoms with Gasteiger partial charge in [0.25, 0.3) is 0 Å². The second kappa shape index (κ2) is 5.21. The largest absolute Gasteiger partial charge is 0.468 e. The SMILES string of the molecule is c1ccc(SC2(CNCc3ccco3)CC2)cc1. The third-order valence-corrected chi connectivity index (χ3v) is 4.71. The van der Waals surface area contributed by atoms with Crippen molar-refractivity contribution in [1.82, 2.24) is 5.32 Å². The molecule has 1 heterocycles. The first kappa shape index (κ1) is 11.9. The summed E-state index contributed by atoms with van der Waals surface area (Å²) >= 11 is 2.00. The summed E-state index contributed by atoms with van der Waals surface area (Å²) in [7, 11) is 0. The van der Waals surface area contributed by atoms with E-state index in [0.29, 0.717) is 4.75 Å². The Kier molecular flexibility index (Phi) is 3.43. The van der Waals surface area contributed by atoms with Gasteiger partial charge in [-0.05, 0) is 37.1 Å². The van der Waals surface area contributed by atoms with Gasteiger partial charge in [0.1, 0.15) is 5.76 Å². The summed E-state index contributed by atoms with van der Waals surface area (Å²) in [4.78, 5) is 1.37. The zero-order valence-electron chi connectivity index (χ0n) is 10.3. The fraction of sp³-hybridized carbons (Fsp3) is 0.333. The molecule has 0 amide bonds. The summed E-state index contributed by atoms with van der Waals surface area (Å²) in [5.41, 5.74) is 0. The van der Waals surface area contributed by atoms with Crippen LogP contribution in [0.3, 0.4) is 0 Å². The zero-order valence-corrected chi connectivity index (χ0v) is 11.1. The molecule has 0 radical (unpaired) electrons. The molecular weight excluding hydrogens is 242 g/mol. The lowest BCUT2D eigenvalue weighted by molar-refractivity contribution is 0.482. The van der Waals surface area contributed by atoms with Gasteiger partial charge in [0, 0.05) is 16.2 Å². The number of thioether (sulfide) groups is 1. The molecule has 0 atom stereocenters. The number of benzene rings is 1. The molecule has 3 heteroatoms. The molecule has 1 fully saturated rings. The van der Waals surface area contributed by atoms with E-state index in [1.165, 1.54) is 17.7 Å². The maximum absolute atomic E-state index is 5.32. The van der Waals surface area contributed by atoms with Gasteiger partial charge in [-0.25, -0.2) is 0 Å². The summed E-state index contributed by atoms with van der Waals surface area (Å²) in [6.45, 7) is 1.87. The average molecular weight is 259 g/mol. The minimum absolute atomic E-state index is 0.411. The van der Waals surface area contributed by atoms with Crippen LogP contribution in [-0.2, 0) is 6.54 Å². The Bertz CT molecular complexity index is 476. The molecule has 1 aliphatic rings. The standard InChI is InChI=1S/C15H17NOS/c1-2-6-14(7-3-1)18-15(8-9-15)12-16-11-13-5-4-10-17-13/h1-7,10,16H,8-9,11-12H2. The van der Waals surface area contributed by atoms with Gasteiger partial charge in [0.2, 0.25) is 0 Å². The van der Waals surface area contributed by atoms with Crippen molar-refractivity contribution < 1.29 is 4.42 Å². The van der Waals surface area contributed by atoms with Gasteiger partial charge in [-0.2, -0.15) is 0 Å². The molecule has 0 bridgehead atoms. The first-order valence-corrected chi connectivity index (χ1v) is 7.15.